The Labute approximate surface area is 120 Å². The van der Waals surface area contributed by atoms with Crippen molar-refractivity contribution in [2.24, 2.45) is 0 Å². The third kappa shape index (κ3) is 3.11. The van der Waals surface area contributed by atoms with Gasteiger partial charge in [-0.25, -0.2) is 4.39 Å². The fourth-order valence-corrected chi connectivity index (χ4v) is 2.63. The first-order valence-corrected chi connectivity index (χ1v) is 6.96. The van der Waals surface area contributed by atoms with E-state index in [4.69, 9.17) is 0 Å². The average Bonchev–Trinajstić information content (AvgIpc) is 2.88. The molecule has 0 fully saturated rings. The summed E-state index contributed by atoms with van der Waals surface area (Å²) in [6.45, 7) is 3.17. The summed E-state index contributed by atoms with van der Waals surface area (Å²) in [5.41, 5.74) is 0.434. The molecule has 1 heterocycles. The first kappa shape index (κ1) is 14.4. The summed E-state index contributed by atoms with van der Waals surface area (Å²) in [4.78, 5) is 24.2. The number of nitrogens with one attached hydrogen (secondary N) is 1. The summed E-state index contributed by atoms with van der Waals surface area (Å²) in [6.07, 6.45) is 0. The fourth-order valence-electron chi connectivity index (χ4n) is 1.82. The van der Waals surface area contributed by atoms with Crippen molar-refractivity contribution in [1.29, 1.82) is 0 Å². The van der Waals surface area contributed by atoms with E-state index in [-0.39, 0.29) is 17.5 Å². The van der Waals surface area contributed by atoms with Crippen molar-refractivity contribution < 1.29 is 14.0 Å². The van der Waals surface area contributed by atoms with Gasteiger partial charge in [0, 0.05) is 5.56 Å². The van der Waals surface area contributed by atoms with Crippen molar-refractivity contribution in [1.82, 2.24) is 5.32 Å². The third-order valence-corrected chi connectivity index (χ3v) is 4.08. The van der Waals surface area contributed by atoms with E-state index in [9.17, 15) is 14.0 Å². The molecule has 0 aliphatic carbocycles. The molecule has 1 aromatic carbocycles. The van der Waals surface area contributed by atoms with Gasteiger partial charge in [-0.15, -0.1) is 11.3 Å². The quantitative estimate of drug-likeness (QED) is 0.875. The zero-order valence-corrected chi connectivity index (χ0v) is 12.0. The molecule has 5 heteroatoms. The van der Waals surface area contributed by atoms with Crippen molar-refractivity contribution in [2.75, 3.05) is 0 Å². The van der Waals surface area contributed by atoms with Crippen LogP contribution >= 0.6 is 11.3 Å². The van der Waals surface area contributed by atoms with Crippen LogP contribution in [0.4, 0.5) is 4.39 Å². The molecule has 0 bridgehead atoms. The minimum Gasteiger partial charge on any atom is -0.345 e. The number of Topliss-reactive ketones (excluding diaryl/α,β-unsaturated/α-hetero) is 1. The molecule has 104 valence electrons. The molecular formula is C15H14FNO2S. The molecule has 20 heavy (non-hydrogen) atoms. The molecule has 1 atom stereocenters. The Morgan fingerprint density at radius 3 is 2.40 bits per heavy atom. The number of rotatable bonds is 4. The lowest BCUT2D eigenvalue weighted by atomic mass is 10.1. The molecule has 1 N–H and O–H groups in total. The number of carbonyl (C=O) groups excluding carboxylic acids is 2. The average molecular weight is 291 g/mol. The van der Waals surface area contributed by atoms with Gasteiger partial charge >= 0.3 is 0 Å². The normalized spacial score (nSPS) is 11.9. The second kappa shape index (κ2) is 5.96. The number of hydrogen-bond donors (Lipinski definition) is 1. The standard InChI is InChI=1S/C15H14FNO2S/c1-9(11-5-3-4-6-12(11)16)17-15(19)14-8-7-13(20-14)10(2)18/h3-9H,1-2H3,(H,17,19)/t9-/m0/s1. The van der Waals surface area contributed by atoms with Crippen LogP contribution in [0.2, 0.25) is 0 Å². The molecule has 0 aliphatic heterocycles. The van der Waals surface area contributed by atoms with Gasteiger partial charge in [0.2, 0.25) is 0 Å². The van der Waals surface area contributed by atoms with Gasteiger partial charge in [0.05, 0.1) is 15.8 Å². The second-order valence-corrected chi connectivity index (χ2v) is 5.52. The summed E-state index contributed by atoms with van der Waals surface area (Å²) >= 11 is 1.14. The zero-order chi connectivity index (χ0) is 14.7. The van der Waals surface area contributed by atoms with E-state index in [2.05, 4.69) is 5.32 Å². The van der Waals surface area contributed by atoms with Crippen molar-refractivity contribution in [3.8, 4) is 0 Å². The lowest BCUT2D eigenvalue weighted by Gasteiger charge is -2.14. The third-order valence-electron chi connectivity index (χ3n) is 2.90. The maximum absolute atomic E-state index is 13.6. The van der Waals surface area contributed by atoms with E-state index < -0.39 is 6.04 Å². The summed E-state index contributed by atoms with van der Waals surface area (Å²) in [6, 6.07) is 9.10. The number of benzene rings is 1. The summed E-state index contributed by atoms with van der Waals surface area (Å²) in [5.74, 6) is -0.731. The number of hydrogen-bond acceptors (Lipinski definition) is 3. The molecule has 0 radical (unpaired) electrons. The second-order valence-electron chi connectivity index (χ2n) is 4.44. The van der Waals surface area contributed by atoms with Crippen LogP contribution in [0.5, 0.6) is 0 Å². The van der Waals surface area contributed by atoms with Crippen LogP contribution in [0.3, 0.4) is 0 Å². The highest BCUT2D eigenvalue weighted by atomic mass is 32.1. The molecular weight excluding hydrogens is 277 g/mol. The predicted molar refractivity (Wildman–Crippen MR) is 76.6 cm³/mol. The topological polar surface area (TPSA) is 46.2 Å². The Kier molecular flexibility index (Phi) is 4.29. The van der Waals surface area contributed by atoms with Crippen LogP contribution in [-0.2, 0) is 0 Å². The number of amides is 1. The van der Waals surface area contributed by atoms with E-state index >= 15 is 0 Å². The van der Waals surface area contributed by atoms with Crippen LogP contribution in [0.25, 0.3) is 0 Å². The van der Waals surface area contributed by atoms with Crippen LogP contribution in [-0.4, -0.2) is 11.7 Å². The Balaban J connectivity index is 2.11. The van der Waals surface area contributed by atoms with Gasteiger partial charge in [-0.05, 0) is 32.0 Å². The van der Waals surface area contributed by atoms with E-state index in [1.165, 1.54) is 13.0 Å². The lowest BCUT2D eigenvalue weighted by molar-refractivity contribution is 0.0943. The first-order valence-electron chi connectivity index (χ1n) is 6.15. The van der Waals surface area contributed by atoms with Crippen LogP contribution in [0.15, 0.2) is 36.4 Å². The van der Waals surface area contributed by atoms with Crippen molar-refractivity contribution in [3.05, 3.63) is 57.5 Å². The summed E-state index contributed by atoms with van der Waals surface area (Å²) < 4.78 is 13.6. The molecule has 0 aliphatic rings. The van der Waals surface area contributed by atoms with Gasteiger partial charge in [-0.2, -0.15) is 0 Å². The van der Waals surface area contributed by atoms with Crippen LogP contribution < -0.4 is 5.32 Å². The van der Waals surface area contributed by atoms with Crippen molar-refractivity contribution >= 4 is 23.0 Å². The molecule has 1 amide bonds. The molecule has 2 rings (SSSR count). The van der Waals surface area contributed by atoms with Gasteiger partial charge in [-0.3, -0.25) is 9.59 Å². The fraction of sp³-hybridized carbons (Fsp3) is 0.200. The van der Waals surface area contributed by atoms with E-state index in [0.717, 1.165) is 11.3 Å². The molecule has 3 nitrogen and oxygen atoms in total. The van der Waals surface area contributed by atoms with Gasteiger partial charge < -0.3 is 5.32 Å². The molecule has 2 aromatic rings. The minimum atomic E-state index is -0.438. The smallest absolute Gasteiger partial charge is 0.261 e. The summed E-state index contributed by atoms with van der Waals surface area (Å²) in [7, 11) is 0. The van der Waals surface area contributed by atoms with Crippen LogP contribution in [0.1, 0.15) is 44.8 Å². The van der Waals surface area contributed by atoms with Gasteiger partial charge in [0.25, 0.3) is 5.91 Å². The zero-order valence-electron chi connectivity index (χ0n) is 11.1. The number of ketones is 1. The largest absolute Gasteiger partial charge is 0.345 e. The van der Waals surface area contributed by atoms with Gasteiger partial charge in [0.15, 0.2) is 5.78 Å². The van der Waals surface area contributed by atoms with Gasteiger partial charge in [-0.1, -0.05) is 18.2 Å². The first-order chi connectivity index (χ1) is 9.49. The SMILES string of the molecule is CC(=O)c1ccc(C(=O)N[C@@H](C)c2ccccc2F)s1. The maximum atomic E-state index is 13.6. The molecule has 0 spiro atoms. The van der Waals surface area contributed by atoms with Crippen molar-refractivity contribution in [3.63, 3.8) is 0 Å². The lowest BCUT2D eigenvalue weighted by Crippen LogP contribution is -2.26. The Morgan fingerprint density at radius 1 is 1.15 bits per heavy atom. The summed E-state index contributed by atoms with van der Waals surface area (Å²) in [5, 5.41) is 2.73. The number of halogens is 1. The maximum Gasteiger partial charge on any atom is 0.261 e. The Hall–Kier alpha value is -2.01. The van der Waals surface area contributed by atoms with Crippen LogP contribution in [0, 0.1) is 5.82 Å². The monoisotopic (exact) mass is 291 g/mol. The predicted octanol–water partition coefficient (Wildman–Crippen LogP) is 3.58. The highest BCUT2D eigenvalue weighted by molar-refractivity contribution is 7.15. The Bertz CT molecular complexity index is 651. The van der Waals surface area contributed by atoms with Gasteiger partial charge in [0.1, 0.15) is 5.82 Å². The number of carbonyl (C=O) groups is 2. The van der Waals surface area contributed by atoms with Crippen molar-refractivity contribution in [2.45, 2.75) is 19.9 Å². The minimum absolute atomic E-state index is 0.0730. The number of thiophene rings is 1. The van der Waals surface area contributed by atoms with E-state index in [1.807, 2.05) is 0 Å². The molecule has 0 saturated heterocycles. The molecule has 0 unspecified atom stereocenters. The highest BCUT2D eigenvalue weighted by Crippen LogP contribution is 2.20. The van der Waals surface area contributed by atoms with E-state index in [1.54, 1.807) is 37.3 Å². The molecule has 1 aromatic heterocycles. The van der Waals surface area contributed by atoms with E-state index in [0.29, 0.717) is 15.3 Å². The highest BCUT2D eigenvalue weighted by Gasteiger charge is 2.16. The molecule has 0 saturated carbocycles. The Morgan fingerprint density at radius 2 is 1.80 bits per heavy atom.